The molecule has 2 aromatic carbocycles. The quantitative estimate of drug-likeness (QED) is 0.343. The SMILES string of the molecule is Cc1cc(C)cc(C(C(=O)Nc2ccccc2C)N(CCO)C(=O)C(CCC(N)=O)NC(=O)OC(C)(C)C)c1. The second-order valence-electron chi connectivity index (χ2n) is 10.6. The number of amides is 4. The number of carbonyl (C=O) groups excluding carboxylic acids is 4. The van der Waals surface area contributed by atoms with Gasteiger partial charge < -0.3 is 31.1 Å². The molecule has 0 bridgehead atoms. The third-order valence-corrected chi connectivity index (χ3v) is 5.82. The van der Waals surface area contributed by atoms with Crippen molar-refractivity contribution in [3.8, 4) is 0 Å². The first-order valence-electron chi connectivity index (χ1n) is 12.9. The van der Waals surface area contributed by atoms with Gasteiger partial charge in [-0.3, -0.25) is 14.4 Å². The first-order chi connectivity index (χ1) is 18.2. The third-order valence-electron chi connectivity index (χ3n) is 5.82. The maximum atomic E-state index is 14.0. The molecule has 0 saturated heterocycles. The number of aryl methyl sites for hydroxylation is 3. The zero-order valence-electron chi connectivity index (χ0n) is 23.5. The summed E-state index contributed by atoms with van der Waals surface area (Å²) < 4.78 is 5.32. The fraction of sp³-hybridized carbons (Fsp3) is 0.448. The van der Waals surface area contributed by atoms with Crippen LogP contribution in [0.3, 0.4) is 0 Å². The fourth-order valence-corrected chi connectivity index (χ4v) is 4.22. The topological polar surface area (TPSA) is 151 Å². The lowest BCUT2D eigenvalue weighted by Gasteiger charge is -2.34. The molecule has 2 atom stereocenters. The number of aliphatic hydroxyl groups is 1. The highest BCUT2D eigenvalue weighted by atomic mass is 16.6. The average molecular weight is 541 g/mol. The largest absolute Gasteiger partial charge is 0.444 e. The Morgan fingerprint density at radius 3 is 2.18 bits per heavy atom. The van der Waals surface area contributed by atoms with Crippen molar-refractivity contribution in [2.24, 2.45) is 5.73 Å². The van der Waals surface area contributed by atoms with Gasteiger partial charge in [0.1, 0.15) is 17.7 Å². The van der Waals surface area contributed by atoms with Gasteiger partial charge in [-0.2, -0.15) is 0 Å². The highest BCUT2D eigenvalue weighted by molar-refractivity contribution is 5.99. The van der Waals surface area contributed by atoms with Crippen LogP contribution >= 0.6 is 0 Å². The second-order valence-corrected chi connectivity index (χ2v) is 10.6. The van der Waals surface area contributed by atoms with Gasteiger partial charge in [0.05, 0.1) is 6.61 Å². The normalized spacial score (nSPS) is 12.7. The standard InChI is InChI=1S/C29H40N4O6/c1-18-15-19(2)17-21(16-18)25(26(36)31-22-10-8-7-9-20(22)3)33(13-14-34)27(37)23(11-12-24(30)35)32-28(38)39-29(4,5)6/h7-10,15-17,23,25,34H,11-14H2,1-6H3,(H2,30,35)(H,31,36)(H,32,38). The maximum Gasteiger partial charge on any atom is 0.408 e. The lowest BCUT2D eigenvalue weighted by molar-refractivity contribution is -0.141. The van der Waals surface area contributed by atoms with Crippen LogP contribution in [-0.4, -0.2) is 58.6 Å². The van der Waals surface area contributed by atoms with Crippen molar-refractivity contribution in [1.29, 1.82) is 0 Å². The summed E-state index contributed by atoms with van der Waals surface area (Å²) in [6, 6.07) is 10.4. The van der Waals surface area contributed by atoms with Crippen LogP contribution in [0.4, 0.5) is 10.5 Å². The number of primary amides is 1. The number of alkyl carbamates (subject to hydrolysis) is 1. The molecule has 0 aromatic heterocycles. The molecule has 0 radical (unpaired) electrons. The Morgan fingerprint density at radius 2 is 1.64 bits per heavy atom. The van der Waals surface area contributed by atoms with Crippen LogP contribution in [0.2, 0.25) is 0 Å². The van der Waals surface area contributed by atoms with Gasteiger partial charge in [0, 0.05) is 18.7 Å². The molecule has 10 nitrogen and oxygen atoms in total. The number of nitrogens with zero attached hydrogens (tertiary/aromatic N) is 1. The molecular weight excluding hydrogens is 500 g/mol. The number of anilines is 1. The van der Waals surface area contributed by atoms with Gasteiger partial charge in [0.15, 0.2) is 0 Å². The molecular formula is C29H40N4O6. The Morgan fingerprint density at radius 1 is 1.03 bits per heavy atom. The van der Waals surface area contributed by atoms with Gasteiger partial charge in [0.25, 0.3) is 5.91 Å². The Labute approximate surface area is 229 Å². The minimum atomic E-state index is -1.24. The van der Waals surface area contributed by atoms with Gasteiger partial charge >= 0.3 is 6.09 Å². The van der Waals surface area contributed by atoms with Crippen LogP contribution in [0.15, 0.2) is 42.5 Å². The van der Waals surface area contributed by atoms with Gasteiger partial charge in [-0.15, -0.1) is 0 Å². The molecule has 0 heterocycles. The van der Waals surface area contributed by atoms with E-state index in [1.165, 1.54) is 4.90 Å². The highest BCUT2D eigenvalue weighted by Crippen LogP contribution is 2.27. The molecule has 2 rings (SSSR count). The lowest BCUT2D eigenvalue weighted by atomic mass is 9.97. The minimum Gasteiger partial charge on any atom is -0.444 e. The van der Waals surface area contributed by atoms with Crippen molar-refractivity contribution in [2.45, 2.75) is 72.1 Å². The van der Waals surface area contributed by atoms with Crippen LogP contribution in [0, 0.1) is 20.8 Å². The molecule has 39 heavy (non-hydrogen) atoms. The van der Waals surface area contributed by atoms with Crippen molar-refractivity contribution in [3.63, 3.8) is 0 Å². The molecule has 2 aromatic rings. The van der Waals surface area contributed by atoms with Crippen molar-refractivity contribution in [1.82, 2.24) is 10.2 Å². The van der Waals surface area contributed by atoms with Crippen molar-refractivity contribution in [3.05, 3.63) is 64.7 Å². The molecule has 212 valence electrons. The van der Waals surface area contributed by atoms with E-state index in [9.17, 15) is 24.3 Å². The number of rotatable bonds is 11. The number of para-hydroxylation sites is 1. The summed E-state index contributed by atoms with van der Waals surface area (Å²) in [6.07, 6.45) is -1.17. The summed E-state index contributed by atoms with van der Waals surface area (Å²) in [7, 11) is 0. The number of nitrogens with two attached hydrogens (primary N) is 1. The van der Waals surface area contributed by atoms with Crippen LogP contribution in [0.1, 0.15) is 61.9 Å². The molecule has 0 fully saturated rings. The first-order valence-corrected chi connectivity index (χ1v) is 12.9. The molecule has 0 aliphatic carbocycles. The Balaban J connectivity index is 2.56. The predicted molar refractivity (Wildman–Crippen MR) is 149 cm³/mol. The van der Waals surface area contributed by atoms with Crippen molar-refractivity contribution < 1.29 is 29.0 Å². The molecule has 0 aliphatic heterocycles. The number of benzene rings is 2. The zero-order chi connectivity index (χ0) is 29.3. The molecule has 4 amide bonds. The van der Waals surface area contributed by atoms with E-state index in [0.717, 1.165) is 16.7 Å². The van der Waals surface area contributed by atoms with Gasteiger partial charge in [0.2, 0.25) is 11.8 Å². The molecule has 10 heteroatoms. The van der Waals surface area contributed by atoms with Crippen LogP contribution in [0.25, 0.3) is 0 Å². The average Bonchev–Trinajstić information content (AvgIpc) is 2.80. The zero-order valence-corrected chi connectivity index (χ0v) is 23.5. The Hall–Kier alpha value is -3.92. The summed E-state index contributed by atoms with van der Waals surface area (Å²) in [5.74, 6) is -1.82. The predicted octanol–water partition coefficient (Wildman–Crippen LogP) is 3.27. The van der Waals surface area contributed by atoms with Crippen LogP contribution in [-0.2, 0) is 19.1 Å². The van der Waals surface area contributed by atoms with Crippen molar-refractivity contribution in [2.75, 3.05) is 18.5 Å². The smallest absolute Gasteiger partial charge is 0.408 e. The van der Waals surface area contributed by atoms with E-state index >= 15 is 0 Å². The number of hydrogen-bond donors (Lipinski definition) is 4. The molecule has 2 unspecified atom stereocenters. The van der Waals surface area contributed by atoms with E-state index < -0.39 is 48.1 Å². The number of hydrogen-bond acceptors (Lipinski definition) is 6. The monoisotopic (exact) mass is 540 g/mol. The lowest BCUT2D eigenvalue weighted by Crippen LogP contribution is -2.53. The van der Waals surface area contributed by atoms with E-state index in [0.29, 0.717) is 11.3 Å². The van der Waals surface area contributed by atoms with E-state index in [4.69, 9.17) is 10.5 Å². The number of aliphatic hydroxyl groups excluding tert-OH is 1. The third kappa shape index (κ3) is 9.72. The highest BCUT2D eigenvalue weighted by Gasteiger charge is 2.36. The van der Waals surface area contributed by atoms with E-state index in [1.54, 1.807) is 45.0 Å². The summed E-state index contributed by atoms with van der Waals surface area (Å²) in [5.41, 5.74) is 8.20. The van der Waals surface area contributed by atoms with E-state index in [2.05, 4.69) is 10.6 Å². The maximum absolute atomic E-state index is 14.0. The van der Waals surface area contributed by atoms with E-state index in [-0.39, 0.29) is 19.4 Å². The number of carbonyl (C=O) groups is 4. The Bertz CT molecular complexity index is 1170. The fourth-order valence-electron chi connectivity index (χ4n) is 4.22. The van der Waals surface area contributed by atoms with Crippen LogP contribution < -0.4 is 16.4 Å². The van der Waals surface area contributed by atoms with E-state index in [1.807, 2.05) is 39.0 Å². The minimum absolute atomic E-state index is 0.117. The first kappa shape index (κ1) is 31.3. The van der Waals surface area contributed by atoms with Gasteiger partial charge in [-0.05, 0) is 65.2 Å². The van der Waals surface area contributed by atoms with Gasteiger partial charge in [-0.1, -0.05) is 47.5 Å². The number of nitrogens with one attached hydrogen (secondary N) is 2. The molecule has 5 N–H and O–H groups in total. The summed E-state index contributed by atoms with van der Waals surface area (Å²) in [5, 5.41) is 15.4. The van der Waals surface area contributed by atoms with Crippen LogP contribution in [0.5, 0.6) is 0 Å². The molecule has 0 saturated carbocycles. The summed E-state index contributed by atoms with van der Waals surface area (Å²) in [6.45, 7) is 9.99. The van der Waals surface area contributed by atoms with Crippen molar-refractivity contribution >= 4 is 29.5 Å². The second kappa shape index (κ2) is 13.7. The summed E-state index contributed by atoms with van der Waals surface area (Å²) >= 11 is 0. The number of ether oxygens (including phenoxy) is 1. The Kier molecular flexibility index (Phi) is 11.0. The molecule has 0 aliphatic rings. The molecule has 0 spiro atoms. The summed E-state index contributed by atoms with van der Waals surface area (Å²) in [4.78, 5) is 53.2. The van der Waals surface area contributed by atoms with Gasteiger partial charge in [-0.25, -0.2) is 4.79 Å².